The van der Waals surface area contributed by atoms with Gasteiger partial charge in [-0.2, -0.15) is 8.42 Å². The van der Waals surface area contributed by atoms with Crippen molar-refractivity contribution >= 4 is 16.2 Å². The van der Waals surface area contributed by atoms with Crippen LogP contribution in [0, 0.1) is 0 Å². The van der Waals surface area contributed by atoms with E-state index in [2.05, 4.69) is 0 Å². The third kappa shape index (κ3) is 4.13. The summed E-state index contributed by atoms with van der Waals surface area (Å²) >= 11 is 0. The second-order valence-corrected chi connectivity index (χ2v) is 5.39. The van der Waals surface area contributed by atoms with Gasteiger partial charge in [0.15, 0.2) is 0 Å². The molecule has 0 saturated heterocycles. The minimum absolute atomic E-state index is 0.239. The van der Waals surface area contributed by atoms with Crippen molar-refractivity contribution in [3.05, 3.63) is 65.6 Å². The van der Waals surface area contributed by atoms with Crippen molar-refractivity contribution in [1.82, 2.24) is 0 Å². The molecule has 0 unspecified atom stereocenters. The molecule has 0 aromatic heterocycles. The molecule has 20 heavy (non-hydrogen) atoms. The lowest BCUT2D eigenvalue weighted by atomic mass is 10.2. The van der Waals surface area contributed by atoms with Gasteiger partial charge in [-0.15, -0.1) is 0 Å². The molecule has 0 amide bonds. The Labute approximate surface area is 118 Å². The largest absolute Gasteiger partial charge is 0.497 e. The molecule has 4 nitrogen and oxygen atoms in total. The second kappa shape index (κ2) is 6.25. The molecule has 0 fully saturated rings. The third-order valence-corrected chi connectivity index (χ3v) is 3.39. The van der Waals surface area contributed by atoms with E-state index in [9.17, 15) is 8.42 Å². The maximum Gasteiger partial charge on any atom is 0.332 e. The lowest BCUT2D eigenvalue weighted by molar-refractivity contribution is 0.414. The monoisotopic (exact) mass is 290 g/mol. The molecule has 104 valence electrons. The van der Waals surface area contributed by atoms with Crippen molar-refractivity contribution < 1.29 is 17.3 Å². The Kier molecular flexibility index (Phi) is 4.42. The summed E-state index contributed by atoms with van der Waals surface area (Å²) in [5.41, 5.74) is 0.786. The second-order valence-electron chi connectivity index (χ2n) is 3.97. The number of benzene rings is 2. The zero-order valence-electron chi connectivity index (χ0n) is 10.9. The Balaban J connectivity index is 2.09. The van der Waals surface area contributed by atoms with Crippen LogP contribution in [0.15, 0.2) is 60.0 Å². The predicted molar refractivity (Wildman–Crippen MR) is 78.0 cm³/mol. The molecule has 0 aliphatic rings. The van der Waals surface area contributed by atoms with Crippen LogP contribution in [0.3, 0.4) is 0 Å². The maximum atomic E-state index is 11.8. The van der Waals surface area contributed by atoms with Gasteiger partial charge in [-0.25, -0.2) is 0 Å². The van der Waals surface area contributed by atoms with Gasteiger partial charge in [-0.05, 0) is 35.9 Å². The van der Waals surface area contributed by atoms with E-state index in [0.29, 0.717) is 5.75 Å². The number of hydrogen-bond acceptors (Lipinski definition) is 4. The standard InChI is InChI=1S/C15H14O4S/c1-18-14-7-9-15(10-8-14)19-20(16,17)12-11-13-5-3-2-4-6-13/h2-12H,1H3/b12-11+. The van der Waals surface area contributed by atoms with Gasteiger partial charge in [-0.3, -0.25) is 0 Å². The molecule has 2 aromatic carbocycles. The Morgan fingerprint density at radius 1 is 0.900 bits per heavy atom. The normalized spacial score (nSPS) is 11.4. The summed E-state index contributed by atoms with van der Waals surface area (Å²) in [4.78, 5) is 0. The highest BCUT2D eigenvalue weighted by atomic mass is 32.2. The number of hydrogen-bond donors (Lipinski definition) is 0. The van der Waals surface area contributed by atoms with Crippen LogP contribution in [0.1, 0.15) is 5.56 Å². The molecule has 0 N–H and O–H groups in total. The van der Waals surface area contributed by atoms with Gasteiger partial charge in [0.05, 0.1) is 12.5 Å². The molecule has 0 bridgehead atoms. The van der Waals surface area contributed by atoms with E-state index in [0.717, 1.165) is 11.0 Å². The smallest absolute Gasteiger partial charge is 0.332 e. The summed E-state index contributed by atoms with van der Waals surface area (Å²) in [6.45, 7) is 0. The van der Waals surface area contributed by atoms with Gasteiger partial charge in [-0.1, -0.05) is 30.3 Å². The number of methoxy groups -OCH3 is 1. The van der Waals surface area contributed by atoms with Crippen LogP contribution in [0.5, 0.6) is 11.5 Å². The Bertz CT molecular complexity index is 674. The average molecular weight is 290 g/mol. The molecule has 2 aromatic rings. The van der Waals surface area contributed by atoms with E-state index in [-0.39, 0.29) is 5.75 Å². The minimum Gasteiger partial charge on any atom is -0.497 e. The molecule has 0 spiro atoms. The molecule has 0 saturated carbocycles. The zero-order valence-corrected chi connectivity index (χ0v) is 11.7. The fourth-order valence-corrected chi connectivity index (χ4v) is 2.28. The van der Waals surface area contributed by atoms with Gasteiger partial charge in [0.2, 0.25) is 0 Å². The van der Waals surface area contributed by atoms with E-state index in [4.69, 9.17) is 8.92 Å². The van der Waals surface area contributed by atoms with Gasteiger partial charge in [0.1, 0.15) is 11.5 Å². The van der Waals surface area contributed by atoms with Gasteiger partial charge < -0.3 is 8.92 Å². The zero-order chi connectivity index (χ0) is 14.4. The van der Waals surface area contributed by atoms with Gasteiger partial charge in [0.25, 0.3) is 0 Å². The Hall–Kier alpha value is -2.27. The highest BCUT2D eigenvalue weighted by Gasteiger charge is 2.08. The van der Waals surface area contributed by atoms with E-state index >= 15 is 0 Å². The predicted octanol–water partition coefficient (Wildman–Crippen LogP) is 3.07. The number of rotatable bonds is 5. The number of ether oxygens (including phenoxy) is 1. The Morgan fingerprint density at radius 2 is 1.50 bits per heavy atom. The van der Waals surface area contributed by atoms with E-state index in [1.165, 1.54) is 25.3 Å². The SMILES string of the molecule is COc1ccc(OS(=O)(=O)/C=C/c2ccccc2)cc1. The fourth-order valence-electron chi connectivity index (χ4n) is 1.52. The first-order valence-corrected chi connectivity index (χ1v) is 7.38. The summed E-state index contributed by atoms with van der Waals surface area (Å²) in [6.07, 6.45) is 1.48. The van der Waals surface area contributed by atoms with E-state index in [1.807, 2.05) is 18.2 Å². The molecule has 0 aliphatic carbocycles. The van der Waals surface area contributed by atoms with Crippen LogP contribution >= 0.6 is 0 Å². The highest BCUT2D eigenvalue weighted by molar-refractivity contribution is 7.90. The van der Waals surface area contributed by atoms with Crippen LogP contribution in [-0.2, 0) is 10.1 Å². The minimum atomic E-state index is -3.77. The molecular weight excluding hydrogens is 276 g/mol. The average Bonchev–Trinajstić information content (AvgIpc) is 2.47. The molecule has 0 heterocycles. The first-order valence-electron chi connectivity index (χ1n) is 5.91. The van der Waals surface area contributed by atoms with Crippen molar-refractivity contribution in [2.24, 2.45) is 0 Å². The summed E-state index contributed by atoms with van der Waals surface area (Å²) in [7, 11) is -2.24. The first-order chi connectivity index (χ1) is 9.59. The lowest BCUT2D eigenvalue weighted by Gasteiger charge is -2.04. The first kappa shape index (κ1) is 14.1. The van der Waals surface area contributed by atoms with Crippen molar-refractivity contribution in [3.63, 3.8) is 0 Å². The van der Waals surface area contributed by atoms with Crippen LogP contribution in [0.2, 0.25) is 0 Å². The molecule has 0 atom stereocenters. The van der Waals surface area contributed by atoms with E-state index < -0.39 is 10.1 Å². The third-order valence-electron chi connectivity index (χ3n) is 2.50. The van der Waals surface area contributed by atoms with Crippen LogP contribution in [-0.4, -0.2) is 15.5 Å². The molecular formula is C15H14O4S. The van der Waals surface area contributed by atoms with Crippen molar-refractivity contribution in [3.8, 4) is 11.5 Å². The highest BCUT2D eigenvalue weighted by Crippen LogP contribution is 2.19. The molecule has 5 heteroatoms. The molecule has 0 radical (unpaired) electrons. The summed E-state index contributed by atoms with van der Waals surface area (Å²) < 4.78 is 33.5. The summed E-state index contributed by atoms with van der Waals surface area (Å²) in [6, 6.07) is 15.5. The van der Waals surface area contributed by atoms with Crippen molar-refractivity contribution in [2.45, 2.75) is 0 Å². The topological polar surface area (TPSA) is 52.6 Å². The lowest BCUT2D eigenvalue weighted by Crippen LogP contribution is -2.04. The quantitative estimate of drug-likeness (QED) is 0.794. The van der Waals surface area contributed by atoms with Crippen LogP contribution < -0.4 is 8.92 Å². The van der Waals surface area contributed by atoms with Gasteiger partial charge >= 0.3 is 10.1 Å². The summed E-state index contributed by atoms with van der Waals surface area (Å²) in [5, 5.41) is 1.03. The molecule has 2 rings (SSSR count). The summed E-state index contributed by atoms with van der Waals surface area (Å²) in [5.74, 6) is 0.873. The van der Waals surface area contributed by atoms with Crippen LogP contribution in [0.4, 0.5) is 0 Å². The maximum absolute atomic E-state index is 11.8. The van der Waals surface area contributed by atoms with Crippen LogP contribution in [0.25, 0.3) is 6.08 Å². The van der Waals surface area contributed by atoms with E-state index in [1.54, 1.807) is 24.3 Å². The fraction of sp³-hybridized carbons (Fsp3) is 0.0667. The van der Waals surface area contributed by atoms with Crippen molar-refractivity contribution in [2.75, 3.05) is 7.11 Å². The van der Waals surface area contributed by atoms with Gasteiger partial charge in [0, 0.05) is 0 Å². The molecule has 0 aliphatic heterocycles. The van der Waals surface area contributed by atoms with Crippen molar-refractivity contribution in [1.29, 1.82) is 0 Å². The Morgan fingerprint density at radius 3 is 2.10 bits per heavy atom.